The van der Waals surface area contributed by atoms with Crippen LogP contribution in [0.15, 0.2) is 47.8 Å². The minimum atomic E-state index is -0.402. The highest BCUT2D eigenvalue weighted by molar-refractivity contribution is 5.80. The van der Waals surface area contributed by atoms with E-state index in [0.29, 0.717) is 13.1 Å². The molecule has 0 fully saturated rings. The summed E-state index contributed by atoms with van der Waals surface area (Å²) >= 11 is 0. The number of para-hydroxylation sites is 2. The third-order valence-corrected chi connectivity index (χ3v) is 4.09. The Kier molecular flexibility index (Phi) is 4.23. The molecule has 1 aromatic rings. The highest BCUT2D eigenvalue weighted by Crippen LogP contribution is 2.42. The number of benzene rings is 1. The van der Waals surface area contributed by atoms with Gasteiger partial charge < -0.3 is 20.0 Å². The van der Waals surface area contributed by atoms with Gasteiger partial charge in [0.1, 0.15) is 0 Å². The lowest BCUT2D eigenvalue weighted by molar-refractivity contribution is 0.199. The van der Waals surface area contributed by atoms with Gasteiger partial charge in [0.05, 0.1) is 29.3 Å². The number of rotatable bonds is 4. The van der Waals surface area contributed by atoms with Gasteiger partial charge in [-0.15, -0.1) is 0 Å². The maximum Gasteiger partial charge on any atom is 0.0691 e. The van der Waals surface area contributed by atoms with Crippen molar-refractivity contribution in [3.63, 3.8) is 0 Å². The molecule has 2 unspecified atom stereocenters. The molecule has 1 aliphatic heterocycles. The molecule has 118 valence electrons. The topological polar surface area (TPSA) is 46.9 Å². The predicted octanol–water partition coefficient (Wildman–Crippen LogP) is 2.64. The maximum atomic E-state index is 9.90. The van der Waals surface area contributed by atoms with E-state index in [1.54, 1.807) is 0 Å². The van der Waals surface area contributed by atoms with Crippen molar-refractivity contribution in [2.75, 3.05) is 22.9 Å². The summed E-state index contributed by atoms with van der Waals surface area (Å²) in [7, 11) is 0. The Bertz CT molecular complexity index is 605. The van der Waals surface area contributed by atoms with Crippen molar-refractivity contribution in [1.82, 2.24) is 0 Å². The molecular formula is C18H24N2O2. The predicted molar refractivity (Wildman–Crippen MR) is 89.9 cm³/mol. The average Bonchev–Trinajstić information content (AvgIpc) is 2.50. The Morgan fingerprint density at radius 2 is 1.59 bits per heavy atom. The summed E-state index contributed by atoms with van der Waals surface area (Å²) in [5.74, 6) is 0. The molecule has 4 heteroatoms. The molecule has 22 heavy (non-hydrogen) atoms. The summed E-state index contributed by atoms with van der Waals surface area (Å²) in [5.41, 5.74) is 4.58. The third kappa shape index (κ3) is 2.76. The van der Waals surface area contributed by atoms with Crippen molar-refractivity contribution in [3.8, 4) is 0 Å². The summed E-state index contributed by atoms with van der Waals surface area (Å²) in [4.78, 5) is 4.43. The molecule has 2 aliphatic rings. The van der Waals surface area contributed by atoms with Crippen molar-refractivity contribution in [2.45, 2.75) is 38.9 Å². The van der Waals surface area contributed by atoms with Crippen LogP contribution in [0.5, 0.6) is 0 Å². The van der Waals surface area contributed by atoms with Gasteiger partial charge in [-0.25, -0.2) is 0 Å². The van der Waals surface area contributed by atoms with Crippen molar-refractivity contribution in [3.05, 3.63) is 47.8 Å². The van der Waals surface area contributed by atoms with Gasteiger partial charge in [-0.2, -0.15) is 0 Å². The summed E-state index contributed by atoms with van der Waals surface area (Å²) < 4.78 is 0. The zero-order chi connectivity index (χ0) is 15.7. The van der Waals surface area contributed by atoms with Crippen LogP contribution in [-0.4, -0.2) is 35.5 Å². The monoisotopic (exact) mass is 300 g/mol. The number of hydrogen-bond donors (Lipinski definition) is 2. The number of aliphatic hydroxyl groups excluding tert-OH is 2. The molecule has 0 amide bonds. The van der Waals surface area contributed by atoms with Crippen molar-refractivity contribution in [2.24, 2.45) is 0 Å². The Hall–Kier alpha value is -1.78. The number of anilines is 2. The van der Waals surface area contributed by atoms with Crippen LogP contribution >= 0.6 is 0 Å². The summed E-state index contributed by atoms with van der Waals surface area (Å²) in [5, 5.41) is 19.8. The van der Waals surface area contributed by atoms with E-state index < -0.39 is 12.2 Å². The molecule has 0 radical (unpaired) electrons. The van der Waals surface area contributed by atoms with E-state index in [1.165, 1.54) is 5.70 Å². The molecule has 1 aromatic carbocycles. The Morgan fingerprint density at radius 3 is 2.23 bits per heavy atom. The fourth-order valence-corrected chi connectivity index (χ4v) is 3.29. The zero-order valence-corrected chi connectivity index (χ0v) is 13.2. The van der Waals surface area contributed by atoms with Crippen LogP contribution in [0, 0.1) is 0 Å². The normalized spacial score (nSPS) is 19.8. The summed E-state index contributed by atoms with van der Waals surface area (Å²) in [6, 6.07) is 8.22. The number of fused-ring (bicyclic) bond motifs is 1. The Morgan fingerprint density at radius 1 is 1.00 bits per heavy atom. The van der Waals surface area contributed by atoms with Crippen LogP contribution < -0.4 is 9.80 Å². The lowest BCUT2D eigenvalue weighted by atomic mass is 9.99. The summed E-state index contributed by atoms with van der Waals surface area (Å²) in [6.07, 6.45) is 5.51. The lowest BCUT2D eigenvalue weighted by Gasteiger charge is -2.43. The molecule has 2 N–H and O–H groups in total. The van der Waals surface area contributed by atoms with E-state index in [2.05, 4.69) is 34.1 Å². The molecule has 1 heterocycles. The van der Waals surface area contributed by atoms with E-state index in [-0.39, 0.29) is 0 Å². The van der Waals surface area contributed by atoms with Gasteiger partial charge >= 0.3 is 0 Å². The van der Waals surface area contributed by atoms with Gasteiger partial charge in [0.15, 0.2) is 0 Å². The number of β-amino-alcohol motifs (C(OH)–C–C–N with tert-alkyl or cyclic N) is 2. The first-order valence-corrected chi connectivity index (χ1v) is 7.98. The van der Waals surface area contributed by atoms with Gasteiger partial charge in [-0.3, -0.25) is 0 Å². The van der Waals surface area contributed by atoms with Gasteiger partial charge in [-0.1, -0.05) is 18.2 Å². The van der Waals surface area contributed by atoms with Crippen LogP contribution in [0.1, 0.15) is 26.7 Å². The fourth-order valence-electron chi connectivity index (χ4n) is 3.29. The first-order valence-electron chi connectivity index (χ1n) is 7.98. The fraction of sp³-hybridized carbons (Fsp3) is 0.444. The first-order chi connectivity index (χ1) is 10.6. The number of allylic oxidation sites excluding steroid dienone is 3. The minimum Gasteiger partial charge on any atom is -0.392 e. The lowest BCUT2D eigenvalue weighted by Crippen LogP contribution is -2.41. The largest absolute Gasteiger partial charge is 0.392 e. The second-order valence-electron chi connectivity index (χ2n) is 6.18. The van der Waals surface area contributed by atoms with Gasteiger partial charge in [0.2, 0.25) is 0 Å². The van der Waals surface area contributed by atoms with Crippen molar-refractivity contribution in [1.29, 1.82) is 0 Å². The van der Waals surface area contributed by atoms with Gasteiger partial charge in [-0.05, 0) is 44.9 Å². The maximum absolute atomic E-state index is 9.90. The van der Waals surface area contributed by atoms with Gasteiger partial charge in [0.25, 0.3) is 0 Å². The molecule has 0 saturated heterocycles. The number of aliphatic hydroxyl groups is 2. The van der Waals surface area contributed by atoms with E-state index in [1.807, 2.05) is 26.0 Å². The molecule has 0 aromatic heterocycles. The number of hydrogen-bond acceptors (Lipinski definition) is 4. The van der Waals surface area contributed by atoms with Crippen LogP contribution in [0.25, 0.3) is 0 Å². The van der Waals surface area contributed by atoms with E-state index in [4.69, 9.17) is 0 Å². The SMILES string of the molecule is CC(O)CN1C2=C(CCC=C2)N(CC(C)O)c2ccccc21. The molecule has 0 bridgehead atoms. The van der Waals surface area contributed by atoms with Gasteiger partial charge in [0, 0.05) is 18.8 Å². The smallest absolute Gasteiger partial charge is 0.0691 e. The molecule has 2 atom stereocenters. The zero-order valence-electron chi connectivity index (χ0n) is 13.2. The third-order valence-electron chi connectivity index (χ3n) is 4.09. The Labute approximate surface area is 132 Å². The molecule has 3 rings (SSSR count). The summed E-state index contributed by atoms with van der Waals surface area (Å²) in [6.45, 7) is 4.80. The molecular weight excluding hydrogens is 276 g/mol. The second-order valence-corrected chi connectivity index (χ2v) is 6.18. The van der Waals surface area contributed by atoms with Crippen LogP contribution in [0.2, 0.25) is 0 Å². The van der Waals surface area contributed by atoms with Crippen LogP contribution in [-0.2, 0) is 0 Å². The standard InChI is InChI=1S/C18H24N2O2/c1-13(21)11-19-15-7-3-5-9-17(15)20(12-14(2)22)18-10-6-4-8-16(18)19/h3-5,7-9,13-14,21-22H,6,10-12H2,1-2H3. The first kappa shape index (κ1) is 15.1. The van der Waals surface area contributed by atoms with Crippen LogP contribution in [0.3, 0.4) is 0 Å². The molecule has 0 spiro atoms. The highest BCUT2D eigenvalue weighted by Gasteiger charge is 2.31. The Balaban J connectivity index is 2.11. The van der Waals surface area contributed by atoms with E-state index in [0.717, 1.165) is 29.9 Å². The quantitative estimate of drug-likeness (QED) is 0.897. The highest BCUT2D eigenvalue weighted by atomic mass is 16.3. The van der Waals surface area contributed by atoms with E-state index >= 15 is 0 Å². The van der Waals surface area contributed by atoms with E-state index in [9.17, 15) is 10.2 Å². The average molecular weight is 300 g/mol. The minimum absolute atomic E-state index is 0.393. The van der Waals surface area contributed by atoms with Crippen molar-refractivity contribution < 1.29 is 10.2 Å². The number of nitrogens with zero attached hydrogens (tertiary/aromatic N) is 2. The second kappa shape index (κ2) is 6.15. The van der Waals surface area contributed by atoms with Crippen molar-refractivity contribution >= 4 is 11.4 Å². The molecule has 0 saturated carbocycles. The van der Waals surface area contributed by atoms with Crippen LogP contribution in [0.4, 0.5) is 11.4 Å². The molecule has 1 aliphatic carbocycles. The molecule has 4 nitrogen and oxygen atoms in total.